The SMILES string of the molecule is Cc1cccc2c1CCN(C[C@@H](O)CNC(=O)c1cc(CC3COC3)ncn1)C2. The molecule has 0 aliphatic carbocycles. The fourth-order valence-corrected chi connectivity index (χ4v) is 4.01. The van der Waals surface area contributed by atoms with Gasteiger partial charge >= 0.3 is 0 Å². The van der Waals surface area contributed by atoms with Gasteiger partial charge in [-0.25, -0.2) is 9.97 Å². The zero-order chi connectivity index (χ0) is 20.2. The molecule has 1 atom stereocenters. The summed E-state index contributed by atoms with van der Waals surface area (Å²) in [4.78, 5) is 23.0. The number of aromatic nitrogens is 2. The van der Waals surface area contributed by atoms with E-state index < -0.39 is 6.10 Å². The molecule has 3 heterocycles. The number of rotatable bonds is 7. The Hall–Kier alpha value is -2.35. The number of aliphatic hydroxyl groups excluding tert-OH is 1. The summed E-state index contributed by atoms with van der Waals surface area (Å²) >= 11 is 0. The first-order valence-corrected chi connectivity index (χ1v) is 10.2. The van der Waals surface area contributed by atoms with E-state index in [1.165, 1.54) is 23.0 Å². The number of carbonyl (C=O) groups is 1. The summed E-state index contributed by atoms with van der Waals surface area (Å²) < 4.78 is 5.18. The molecule has 0 saturated carbocycles. The van der Waals surface area contributed by atoms with Crippen LogP contribution in [0.15, 0.2) is 30.6 Å². The molecule has 29 heavy (non-hydrogen) atoms. The van der Waals surface area contributed by atoms with Crippen LogP contribution in [0.25, 0.3) is 0 Å². The maximum atomic E-state index is 12.4. The second kappa shape index (κ2) is 8.98. The first-order valence-electron chi connectivity index (χ1n) is 10.2. The summed E-state index contributed by atoms with van der Waals surface area (Å²) in [6.07, 6.45) is 2.59. The molecule has 1 aromatic carbocycles. The highest BCUT2D eigenvalue weighted by Crippen LogP contribution is 2.22. The number of aryl methyl sites for hydroxylation is 1. The van der Waals surface area contributed by atoms with E-state index in [4.69, 9.17) is 4.74 Å². The van der Waals surface area contributed by atoms with Crippen molar-refractivity contribution in [1.29, 1.82) is 0 Å². The Morgan fingerprint density at radius 3 is 3.03 bits per heavy atom. The Bertz CT molecular complexity index is 869. The number of β-amino-alcohol motifs (C(OH)–C–C–N with tert-alkyl or cyclic N) is 1. The molecule has 1 aromatic heterocycles. The van der Waals surface area contributed by atoms with E-state index in [1.807, 2.05) is 0 Å². The van der Waals surface area contributed by atoms with Crippen LogP contribution in [-0.2, 0) is 24.1 Å². The van der Waals surface area contributed by atoms with Crippen LogP contribution in [0.2, 0.25) is 0 Å². The van der Waals surface area contributed by atoms with Crippen molar-refractivity contribution in [2.24, 2.45) is 5.92 Å². The molecule has 1 saturated heterocycles. The number of ether oxygens (including phenoxy) is 1. The Morgan fingerprint density at radius 2 is 2.24 bits per heavy atom. The molecule has 2 N–H and O–H groups in total. The predicted octanol–water partition coefficient (Wildman–Crippen LogP) is 1.12. The summed E-state index contributed by atoms with van der Waals surface area (Å²) in [7, 11) is 0. The van der Waals surface area contributed by atoms with Gasteiger partial charge in [-0.05, 0) is 42.5 Å². The van der Waals surface area contributed by atoms with Crippen molar-refractivity contribution in [3.63, 3.8) is 0 Å². The smallest absolute Gasteiger partial charge is 0.270 e. The van der Waals surface area contributed by atoms with Crippen molar-refractivity contribution in [3.8, 4) is 0 Å². The minimum absolute atomic E-state index is 0.200. The van der Waals surface area contributed by atoms with Crippen molar-refractivity contribution in [2.45, 2.75) is 32.4 Å². The first-order chi connectivity index (χ1) is 14.1. The maximum Gasteiger partial charge on any atom is 0.270 e. The van der Waals surface area contributed by atoms with Gasteiger partial charge in [-0.2, -0.15) is 0 Å². The molecule has 2 aromatic rings. The Morgan fingerprint density at radius 1 is 1.38 bits per heavy atom. The Kier molecular flexibility index (Phi) is 6.18. The number of nitrogens with one attached hydrogen (secondary N) is 1. The van der Waals surface area contributed by atoms with E-state index in [2.05, 4.69) is 45.3 Å². The van der Waals surface area contributed by atoms with Crippen molar-refractivity contribution >= 4 is 5.91 Å². The lowest BCUT2D eigenvalue weighted by Crippen LogP contribution is -2.42. The zero-order valence-electron chi connectivity index (χ0n) is 16.8. The van der Waals surface area contributed by atoms with Gasteiger partial charge in [0, 0.05) is 37.8 Å². The van der Waals surface area contributed by atoms with Crippen LogP contribution in [0.4, 0.5) is 0 Å². The number of amides is 1. The van der Waals surface area contributed by atoms with E-state index in [0.717, 1.165) is 44.8 Å². The number of benzene rings is 1. The number of aliphatic hydroxyl groups is 1. The molecule has 0 spiro atoms. The quantitative estimate of drug-likeness (QED) is 0.729. The molecule has 0 radical (unpaired) electrons. The summed E-state index contributed by atoms with van der Waals surface area (Å²) in [6, 6.07) is 8.12. The van der Waals surface area contributed by atoms with Crippen LogP contribution in [0.1, 0.15) is 32.9 Å². The summed E-state index contributed by atoms with van der Waals surface area (Å²) in [5.41, 5.74) is 5.28. The fraction of sp³-hybridized carbons (Fsp3) is 0.500. The van der Waals surface area contributed by atoms with Crippen molar-refractivity contribution in [2.75, 3.05) is 32.8 Å². The number of carbonyl (C=O) groups excluding carboxylic acids is 1. The second-order valence-electron chi connectivity index (χ2n) is 8.06. The molecule has 0 bridgehead atoms. The van der Waals surface area contributed by atoms with E-state index in [9.17, 15) is 9.90 Å². The van der Waals surface area contributed by atoms with Crippen LogP contribution >= 0.6 is 0 Å². The molecule has 154 valence electrons. The standard InChI is InChI=1S/C22H28N4O3/c1-15-3-2-4-17-10-26(6-5-20(15)17)11-19(27)9-23-22(28)21-8-18(24-14-25-21)7-16-12-29-13-16/h2-4,8,14,16,19,27H,5-7,9-13H2,1H3,(H,23,28)/t19-/m0/s1. The molecular weight excluding hydrogens is 368 g/mol. The molecule has 1 amide bonds. The van der Waals surface area contributed by atoms with Gasteiger partial charge in [0.1, 0.15) is 12.0 Å². The molecule has 1 fully saturated rings. The van der Waals surface area contributed by atoms with Gasteiger partial charge in [0.05, 0.1) is 19.3 Å². The molecule has 2 aliphatic heterocycles. The normalized spacial score (nSPS) is 18.0. The highest BCUT2D eigenvalue weighted by molar-refractivity contribution is 5.92. The lowest BCUT2D eigenvalue weighted by atomic mass is 9.95. The molecule has 7 nitrogen and oxygen atoms in total. The van der Waals surface area contributed by atoms with E-state index in [0.29, 0.717) is 18.2 Å². The molecule has 0 unspecified atom stereocenters. The highest BCUT2D eigenvalue weighted by atomic mass is 16.5. The highest BCUT2D eigenvalue weighted by Gasteiger charge is 2.22. The third-order valence-electron chi connectivity index (χ3n) is 5.71. The average molecular weight is 396 g/mol. The van der Waals surface area contributed by atoms with Gasteiger partial charge in [0.15, 0.2) is 0 Å². The maximum absolute atomic E-state index is 12.4. The van der Waals surface area contributed by atoms with Crippen LogP contribution in [0, 0.1) is 12.8 Å². The van der Waals surface area contributed by atoms with Crippen LogP contribution in [-0.4, -0.2) is 64.8 Å². The van der Waals surface area contributed by atoms with Crippen LogP contribution < -0.4 is 5.32 Å². The van der Waals surface area contributed by atoms with E-state index in [1.54, 1.807) is 6.07 Å². The lowest BCUT2D eigenvalue weighted by Gasteiger charge is -2.31. The number of hydrogen-bond acceptors (Lipinski definition) is 6. The van der Waals surface area contributed by atoms with E-state index >= 15 is 0 Å². The summed E-state index contributed by atoms with van der Waals surface area (Å²) in [5.74, 6) is 0.193. The third kappa shape index (κ3) is 4.98. The topological polar surface area (TPSA) is 87.6 Å². The largest absolute Gasteiger partial charge is 0.390 e. The lowest BCUT2D eigenvalue weighted by molar-refractivity contribution is -0.0316. The monoisotopic (exact) mass is 396 g/mol. The van der Waals surface area contributed by atoms with Crippen LogP contribution in [0.3, 0.4) is 0 Å². The number of nitrogens with zero attached hydrogens (tertiary/aromatic N) is 3. The van der Waals surface area contributed by atoms with Gasteiger partial charge in [-0.1, -0.05) is 18.2 Å². The summed E-state index contributed by atoms with van der Waals surface area (Å²) in [6.45, 7) is 6.13. The molecule has 7 heteroatoms. The van der Waals surface area contributed by atoms with Crippen LogP contribution in [0.5, 0.6) is 0 Å². The molecule has 4 rings (SSSR count). The average Bonchev–Trinajstić information content (AvgIpc) is 2.69. The Labute approximate surface area is 171 Å². The van der Waals surface area contributed by atoms with Crippen molar-refractivity contribution in [1.82, 2.24) is 20.2 Å². The van der Waals surface area contributed by atoms with E-state index in [-0.39, 0.29) is 12.5 Å². The van der Waals surface area contributed by atoms with Gasteiger partial charge in [-0.15, -0.1) is 0 Å². The zero-order valence-corrected chi connectivity index (χ0v) is 16.8. The predicted molar refractivity (Wildman–Crippen MR) is 109 cm³/mol. The van der Waals surface area contributed by atoms with Gasteiger partial charge in [-0.3, -0.25) is 9.69 Å². The van der Waals surface area contributed by atoms with Crippen molar-refractivity contribution < 1.29 is 14.6 Å². The fourth-order valence-electron chi connectivity index (χ4n) is 4.01. The number of fused-ring (bicyclic) bond motifs is 1. The summed E-state index contributed by atoms with van der Waals surface area (Å²) in [5, 5.41) is 13.2. The molecule has 2 aliphatic rings. The second-order valence-corrected chi connectivity index (χ2v) is 8.06. The minimum Gasteiger partial charge on any atom is -0.390 e. The third-order valence-corrected chi connectivity index (χ3v) is 5.71. The van der Waals surface area contributed by atoms with Gasteiger partial charge in [0.25, 0.3) is 5.91 Å². The van der Waals surface area contributed by atoms with Gasteiger partial charge < -0.3 is 15.2 Å². The Balaban J connectivity index is 1.26. The first kappa shape index (κ1) is 19.9. The minimum atomic E-state index is -0.626. The van der Waals surface area contributed by atoms with Crippen molar-refractivity contribution in [3.05, 3.63) is 58.7 Å². The van der Waals surface area contributed by atoms with Gasteiger partial charge in [0.2, 0.25) is 0 Å². The molecular formula is C22H28N4O3. The number of hydrogen-bond donors (Lipinski definition) is 2.